The van der Waals surface area contributed by atoms with E-state index in [0.29, 0.717) is 11.1 Å². The molecule has 2 aliphatic rings. The van der Waals surface area contributed by atoms with Crippen molar-refractivity contribution < 1.29 is 0 Å². The Morgan fingerprint density at radius 1 is 0.542 bits per heavy atom. The number of hydrogen-bond acceptors (Lipinski definition) is 2. The van der Waals surface area contributed by atoms with Crippen molar-refractivity contribution in [3.05, 3.63) is 0 Å². The quantitative estimate of drug-likeness (QED) is 0.678. The van der Waals surface area contributed by atoms with Crippen molar-refractivity contribution in [1.82, 2.24) is 9.13 Å². The maximum absolute atomic E-state index is 3.04. The van der Waals surface area contributed by atoms with Gasteiger partial charge in [-0.2, -0.15) is 0 Å². The summed E-state index contributed by atoms with van der Waals surface area (Å²) in [4.78, 5) is 0. The summed E-state index contributed by atoms with van der Waals surface area (Å²) in [6.45, 7) is 14.9. The van der Waals surface area contributed by atoms with Gasteiger partial charge in [0.2, 0.25) is 0 Å². The molecule has 0 unspecified atom stereocenters. The molecule has 2 rings (SSSR count). The van der Waals surface area contributed by atoms with E-state index < -0.39 is 0 Å². The van der Waals surface area contributed by atoms with Gasteiger partial charge in [0.05, 0.1) is 18.4 Å². The summed E-state index contributed by atoms with van der Waals surface area (Å²) < 4.78 is 6.08. The van der Waals surface area contributed by atoms with Crippen LogP contribution in [0.5, 0.6) is 0 Å². The molecular formula is C20H44N2Si2. The summed E-state index contributed by atoms with van der Waals surface area (Å²) >= 11 is 0. The fraction of sp³-hybridized carbons (Fsp3) is 1.00. The second-order valence-electron chi connectivity index (χ2n) is 10.3. The van der Waals surface area contributed by atoms with E-state index in [1.54, 1.807) is 0 Å². The van der Waals surface area contributed by atoms with Crippen LogP contribution >= 0.6 is 0 Å². The lowest BCUT2D eigenvalue weighted by molar-refractivity contribution is 0.148. The smallest absolute Gasteiger partial charge is 0.0978 e. The fourth-order valence-corrected chi connectivity index (χ4v) is 15.9. The Morgan fingerprint density at radius 3 is 1.08 bits per heavy atom. The van der Waals surface area contributed by atoms with Gasteiger partial charge < -0.3 is 9.13 Å². The Morgan fingerprint density at radius 2 is 0.833 bits per heavy atom. The Hall–Kier alpha value is 0.354. The van der Waals surface area contributed by atoms with Crippen LogP contribution < -0.4 is 0 Å². The molecule has 2 nitrogen and oxygen atoms in total. The molecule has 142 valence electrons. The van der Waals surface area contributed by atoms with Crippen LogP contribution in [0.1, 0.15) is 106 Å². The number of rotatable bonds is 5. The lowest BCUT2D eigenvalue weighted by Gasteiger charge is -2.48. The first-order valence-electron chi connectivity index (χ1n) is 10.7. The second-order valence-corrected chi connectivity index (χ2v) is 15.3. The molecule has 0 saturated heterocycles. The van der Waals surface area contributed by atoms with Crippen LogP contribution in [0.15, 0.2) is 0 Å². The van der Waals surface area contributed by atoms with Gasteiger partial charge >= 0.3 is 0 Å². The Balaban J connectivity index is 2.03. The molecule has 0 aromatic heterocycles. The highest BCUT2D eigenvalue weighted by Crippen LogP contribution is 2.30. The summed E-state index contributed by atoms with van der Waals surface area (Å²) in [6, 6.07) is 1.82. The third kappa shape index (κ3) is 5.96. The third-order valence-corrected chi connectivity index (χ3v) is 13.9. The summed E-state index contributed by atoms with van der Waals surface area (Å²) in [5.41, 5.74) is 0.773. The Bertz CT molecular complexity index is 325. The number of nitrogens with zero attached hydrogens (tertiary/aromatic N) is 2. The van der Waals surface area contributed by atoms with Crippen molar-refractivity contribution in [2.45, 2.75) is 129 Å². The first kappa shape index (κ1) is 20.7. The molecule has 0 heterocycles. The van der Waals surface area contributed by atoms with Gasteiger partial charge in [-0.1, -0.05) is 38.5 Å². The molecule has 24 heavy (non-hydrogen) atoms. The van der Waals surface area contributed by atoms with Gasteiger partial charge in [-0.3, -0.25) is 0 Å². The molecule has 2 saturated carbocycles. The molecule has 0 aromatic rings. The summed E-state index contributed by atoms with van der Waals surface area (Å²) in [5, 5.41) is 0. The lowest BCUT2D eigenvalue weighted by Crippen LogP contribution is -2.59. The normalized spacial score (nSPS) is 23.5. The van der Waals surface area contributed by atoms with E-state index in [2.05, 4.69) is 50.7 Å². The molecule has 0 amide bonds. The van der Waals surface area contributed by atoms with Crippen LogP contribution in [0.25, 0.3) is 0 Å². The Kier molecular flexibility index (Phi) is 7.60. The zero-order valence-electron chi connectivity index (χ0n) is 17.5. The van der Waals surface area contributed by atoms with E-state index in [-0.39, 0.29) is 18.4 Å². The zero-order valence-corrected chi connectivity index (χ0v) is 20.4. The van der Waals surface area contributed by atoms with E-state index in [4.69, 9.17) is 0 Å². The van der Waals surface area contributed by atoms with Crippen LogP contribution in [-0.4, -0.2) is 50.7 Å². The highest BCUT2D eigenvalue weighted by atomic mass is 29.2. The van der Waals surface area contributed by atoms with Gasteiger partial charge in [0, 0.05) is 23.2 Å². The van der Waals surface area contributed by atoms with Gasteiger partial charge in [0.1, 0.15) is 0 Å². The van der Waals surface area contributed by atoms with Crippen molar-refractivity contribution in [3.8, 4) is 0 Å². The van der Waals surface area contributed by atoms with Crippen molar-refractivity contribution in [3.63, 3.8) is 0 Å². The molecular weight excluding hydrogens is 324 g/mol. The van der Waals surface area contributed by atoms with Crippen LogP contribution in [0.2, 0.25) is 0 Å². The summed E-state index contributed by atoms with van der Waals surface area (Å²) in [5.74, 6) is 0. The van der Waals surface area contributed by atoms with Gasteiger partial charge in [-0.25, -0.2) is 0 Å². The maximum atomic E-state index is 3.04. The average Bonchev–Trinajstić information content (AvgIpc) is 2.51. The molecule has 0 N–H and O–H groups in total. The average molecular weight is 369 g/mol. The Labute approximate surface area is 156 Å². The minimum atomic E-state index is -0.0978. The molecule has 0 radical (unpaired) electrons. The summed E-state index contributed by atoms with van der Waals surface area (Å²) in [7, 11) is -0.196. The van der Waals surface area contributed by atoms with Crippen LogP contribution in [0, 0.1) is 0 Å². The molecule has 2 aliphatic carbocycles. The minimum absolute atomic E-state index is 0.0978. The largest absolute Gasteiger partial charge is 0.323 e. The summed E-state index contributed by atoms with van der Waals surface area (Å²) in [6.07, 6.45) is 14.7. The monoisotopic (exact) mass is 368 g/mol. The molecule has 0 aromatic carbocycles. The van der Waals surface area contributed by atoms with Crippen molar-refractivity contribution in [2.75, 3.05) is 0 Å². The van der Waals surface area contributed by atoms with Crippen molar-refractivity contribution >= 4 is 18.4 Å². The van der Waals surface area contributed by atoms with E-state index in [9.17, 15) is 0 Å². The molecule has 4 heteroatoms. The molecule has 0 bridgehead atoms. The lowest BCUT2D eigenvalue weighted by atomic mass is 9.93. The maximum Gasteiger partial charge on any atom is 0.0978 e. The second kappa shape index (κ2) is 8.83. The van der Waals surface area contributed by atoms with E-state index in [1.807, 2.05) is 0 Å². The van der Waals surface area contributed by atoms with Gasteiger partial charge in [-0.05, 0) is 67.2 Å². The van der Waals surface area contributed by atoms with Crippen LogP contribution in [-0.2, 0) is 0 Å². The van der Waals surface area contributed by atoms with Crippen LogP contribution in [0.3, 0.4) is 0 Å². The van der Waals surface area contributed by atoms with Gasteiger partial charge in [0.25, 0.3) is 0 Å². The van der Waals surface area contributed by atoms with Crippen molar-refractivity contribution in [2.24, 2.45) is 0 Å². The molecule has 0 aliphatic heterocycles. The zero-order chi connectivity index (χ0) is 17.8. The first-order chi connectivity index (χ1) is 11.2. The van der Waals surface area contributed by atoms with E-state index in [1.165, 1.54) is 64.2 Å². The predicted molar refractivity (Wildman–Crippen MR) is 114 cm³/mol. The third-order valence-electron chi connectivity index (χ3n) is 6.34. The standard InChI is InChI=1S/C20H44N2Si2/c1-19(2,3)21(17-13-9-7-10-14-17)23-24-22(20(4,5)6)18-15-11-8-12-16-18/h17-18H,7-16,23-24H2,1-6H3. The fourth-order valence-electron chi connectivity index (χ4n) is 5.13. The highest BCUT2D eigenvalue weighted by molar-refractivity contribution is 6.97. The van der Waals surface area contributed by atoms with Crippen LogP contribution in [0.4, 0.5) is 0 Å². The van der Waals surface area contributed by atoms with E-state index in [0.717, 1.165) is 12.1 Å². The predicted octanol–water partition coefficient (Wildman–Crippen LogP) is 3.94. The molecule has 0 atom stereocenters. The molecule has 0 spiro atoms. The molecule has 2 fully saturated rings. The van der Waals surface area contributed by atoms with Gasteiger partial charge in [-0.15, -0.1) is 0 Å². The van der Waals surface area contributed by atoms with Crippen molar-refractivity contribution in [1.29, 1.82) is 0 Å². The SMILES string of the molecule is CC(C)(C)N([SiH2][SiH2]N(C1CCCCC1)C(C)(C)C)C1CCCCC1. The first-order valence-corrected chi connectivity index (χ1v) is 16.0. The highest BCUT2D eigenvalue weighted by Gasteiger charge is 2.34. The minimum Gasteiger partial charge on any atom is -0.323 e. The topological polar surface area (TPSA) is 6.48 Å². The van der Waals surface area contributed by atoms with Gasteiger partial charge in [0.15, 0.2) is 0 Å². The number of hydrogen-bond donors (Lipinski definition) is 0. The van der Waals surface area contributed by atoms with E-state index >= 15 is 0 Å².